The molecule has 1 aromatic heterocycles. The molecule has 4 N–H and O–H groups in total. The van der Waals surface area contributed by atoms with Gasteiger partial charge in [0.25, 0.3) is 0 Å². The van der Waals surface area contributed by atoms with Crippen LogP contribution >= 0.6 is 0 Å². The molecular weight excluding hydrogens is 356 g/mol. The molecule has 2 aromatic carbocycles. The second-order valence-corrected chi connectivity index (χ2v) is 5.83. The zero-order valence-electron chi connectivity index (χ0n) is 14.2. The van der Waals surface area contributed by atoms with E-state index in [-0.39, 0.29) is 29.1 Å². The number of esters is 1. The second kappa shape index (κ2) is 6.91. The van der Waals surface area contributed by atoms with Crippen LogP contribution in [0.5, 0.6) is 28.7 Å². The van der Waals surface area contributed by atoms with E-state index in [1.165, 1.54) is 24.3 Å². The van der Waals surface area contributed by atoms with Gasteiger partial charge in [-0.3, -0.25) is 9.59 Å². The first kappa shape index (κ1) is 18.1. The van der Waals surface area contributed by atoms with Gasteiger partial charge in [-0.1, -0.05) is 6.92 Å². The lowest BCUT2D eigenvalue weighted by Gasteiger charge is -2.12. The zero-order valence-corrected chi connectivity index (χ0v) is 14.2. The molecule has 0 aliphatic rings. The number of fused-ring (bicyclic) bond motifs is 1. The van der Waals surface area contributed by atoms with Gasteiger partial charge in [-0.05, 0) is 30.7 Å². The highest BCUT2D eigenvalue weighted by molar-refractivity contribution is 5.94. The van der Waals surface area contributed by atoms with Crippen molar-refractivity contribution in [2.24, 2.45) is 0 Å². The molecule has 0 fully saturated rings. The van der Waals surface area contributed by atoms with E-state index >= 15 is 0 Å². The maximum Gasteiger partial charge on any atom is 0.311 e. The van der Waals surface area contributed by atoms with Gasteiger partial charge in [0.05, 0.1) is 0 Å². The lowest BCUT2D eigenvalue weighted by atomic mass is 10.1. The summed E-state index contributed by atoms with van der Waals surface area (Å²) in [4.78, 5) is 24.4. The quantitative estimate of drug-likeness (QED) is 0.405. The Kier molecular flexibility index (Phi) is 4.64. The summed E-state index contributed by atoms with van der Waals surface area (Å²) in [7, 11) is 0. The molecule has 0 saturated carbocycles. The Hall–Kier alpha value is -3.68. The number of rotatable bonds is 4. The van der Waals surface area contributed by atoms with Crippen LogP contribution in [0.25, 0.3) is 22.3 Å². The van der Waals surface area contributed by atoms with Crippen LogP contribution in [-0.2, 0) is 4.79 Å². The number of hydrogen-bond donors (Lipinski definition) is 4. The maximum atomic E-state index is 12.5. The Balaban J connectivity index is 2.32. The fourth-order valence-electron chi connectivity index (χ4n) is 2.58. The van der Waals surface area contributed by atoms with Crippen LogP contribution in [0.15, 0.2) is 39.5 Å². The average Bonchev–Trinajstić information content (AvgIpc) is 2.62. The summed E-state index contributed by atoms with van der Waals surface area (Å²) in [6.07, 6.45) is 0.564. The Morgan fingerprint density at radius 2 is 1.74 bits per heavy atom. The molecule has 0 aliphatic heterocycles. The van der Waals surface area contributed by atoms with Crippen molar-refractivity contribution in [1.82, 2.24) is 0 Å². The first-order valence-electron chi connectivity index (χ1n) is 8.08. The highest BCUT2D eigenvalue weighted by atomic mass is 16.5. The number of hydrogen-bond acceptors (Lipinski definition) is 8. The predicted octanol–water partition coefficient (Wildman–Crippen LogP) is 2.99. The van der Waals surface area contributed by atoms with Gasteiger partial charge in [0.1, 0.15) is 16.9 Å². The van der Waals surface area contributed by atoms with Gasteiger partial charge >= 0.3 is 5.97 Å². The summed E-state index contributed by atoms with van der Waals surface area (Å²) < 4.78 is 10.6. The number of aromatic hydroxyl groups is 4. The van der Waals surface area contributed by atoms with Gasteiger partial charge in [0.2, 0.25) is 16.9 Å². The fourth-order valence-corrected chi connectivity index (χ4v) is 2.58. The summed E-state index contributed by atoms with van der Waals surface area (Å²) in [5.41, 5.74) is -1.11. The van der Waals surface area contributed by atoms with Crippen LogP contribution in [0, 0.1) is 0 Å². The van der Waals surface area contributed by atoms with E-state index in [1.54, 1.807) is 6.92 Å². The Bertz CT molecular complexity index is 1080. The van der Waals surface area contributed by atoms with E-state index in [9.17, 15) is 30.0 Å². The highest BCUT2D eigenvalue weighted by Crippen LogP contribution is 2.42. The fraction of sp³-hybridized carbons (Fsp3) is 0.158. The first-order chi connectivity index (χ1) is 12.8. The summed E-state index contributed by atoms with van der Waals surface area (Å²) in [5.74, 6) is -3.43. The molecule has 3 rings (SSSR count). The van der Waals surface area contributed by atoms with Crippen molar-refractivity contribution < 1.29 is 34.4 Å². The van der Waals surface area contributed by atoms with Crippen LogP contribution in [0.4, 0.5) is 0 Å². The first-order valence-corrected chi connectivity index (χ1v) is 8.08. The molecule has 8 heteroatoms. The molecule has 0 saturated heterocycles. The van der Waals surface area contributed by atoms with Crippen molar-refractivity contribution in [1.29, 1.82) is 0 Å². The Morgan fingerprint density at radius 1 is 1.07 bits per heavy atom. The molecule has 1 heterocycles. The molecule has 27 heavy (non-hydrogen) atoms. The number of phenolic OH excluding ortho intramolecular Hbond substituents is 3. The summed E-state index contributed by atoms with van der Waals surface area (Å²) in [6.45, 7) is 1.76. The van der Waals surface area contributed by atoms with Gasteiger partial charge in [-0.25, -0.2) is 0 Å². The molecule has 0 atom stereocenters. The Labute approximate surface area is 152 Å². The molecule has 0 aliphatic carbocycles. The molecule has 0 spiro atoms. The highest BCUT2D eigenvalue weighted by Gasteiger charge is 2.24. The Morgan fingerprint density at radius 3 is 2.37 bits per heavy atom. The second-order valence-electron chi connectivity index (χ2n) is 5.83. The smallest absolute Gasteiger partial charge is 0.311 e. The minimum Gasteiger partial charge on any atom is -0.508 e. The largest absolute Gasteiger partial charge is 0.508 e. The van der Waals surface area contributed by atoms with E-state index in [0.29, 0.717) is 6.42 Å². The van der Waals surface area contributed by atoms with Crippen LogP contribution < -0.4 is 10.2 Å². The standard InChI is InChI=1S/C19H16O8/c1-2-3-13(23)26-18-12(22)8-11(21)14-15(24)16(25)17(27-19(14)18)9-4-6-10(20)7-5-9/h4-8,20-22,25H,2-3H2,1H3. The molecule has 0 amide bonds. The topological polar surface area (TPSA) is 137 Å². The van der Waals surface area contributed by atoms with E-state index in [4.69, 9.17) is 9.15 Å². The number of carbonyl (C=O) groups is 1. The molecule has 140 valence electrons. The molecule has 3 aromatic rings. The summed E-state index contributed by atoms with van der Waals surface area (Å²) in [5, 5.41) is 39.3. The van der Waals surface area contributed by atoms with Gasteiger partial charge in [0, 0.05) is 18.1 Å². The maximum absolute atomic E-state index is 12.5. The number of phenols is 3. The van der Waals surface area contributed by atoms with Crippen molar-refractivity contribution in [2.75, 3.05) is 0 Å². The van der Waals surface area contributed by atoms with Crippen LogP contribution in [-0.4, -0.2) is 26.4 Å². The molecule has 0 bridgehead atoms. The normalized spacial score (nSPS) is 10.9. The third-order valence-electron chi connectivity index (χ3n) is 3.86. The lowest BCUT2D eigenvalue weighted by molar-refractivity contribution is -0.134. The summed E-state index contributed by atoms with van der Waals surface area (Å²) >= 11 is 0. The number of carbonyl (C=O) groups excluding carboxylic acids is 1. The van der Waals surface area contributed by atoms with Crippen LogP contribution in [0.2, 0.25) is 0 Å². The van der Waals surface area contributed by atoms with Crippen LogP contribution in [0.1, 0.15) is 19.8 Å². The SMILES string of the molecule is CCCC(=O)Oc1c(O)cc(O)c2c(=O)c(O)c(-c3ccc(O)cc3)oc12. The number of ether oxygens (including phenoxy) is 1. The number of benzene rings is 2. The van der Waals surface area contributed by atoms with E-state index in [0.717, 1.165) is 6.07 Å². The predicted molar refractivity (Wildman–Crippen MR) is 95.1 cm³/mol. The summed E-state index contributed by atoms with van der Waals surface area (Å²) in [6, 6.07) is 6.25. The lowest BCUT2D eigenvalue weighted by Crippen LogP contribution is -2.09. The van der Waals surface area contributed by atoms with E-state index in [2.05, 4.69) is 0 Å². The van der Waals surface area contributed by atoms with Crippen molar-refractivity contribution in [3.05, 3.63) is 40.6 Å². The van der Waals surface area contributed by atoms with Crippen LogP contribution in [0.3, 0.4) is 0 Å². The van der Waals surface area contributed by atoms with Gasteiger partial charge in [0.15, 0.2) is 17.1 Å². The van der Waals surface area contributed by atoms with Gasteiger partial charge in [-0.15, -0.1) is 0 Å². The third kappa shape index (κ3) is 3.24. The molecule has 0 radical (unpaired) electrons. The average molecular weight is 372 g/mol. The monoisotopic (exact) mass is 372 g/mol. The minimum absolute atomic E-state index is 0.0363. The van der Waals surface area contributed by atoms with E-state index in [1.807, 2.05) is 0 Å². The van der Waals surface area contributed by atoms with Crippen molar-refractivity contribution in [3.63, 3.8) is 0 Å². The third-order valence-corrected chi connectivity index (χ3v) is 3.86. The van der Waals surface area contributed by atoms with Crippen molar-refractivity contribution >= 4 is 16.9 Å². The van der Waals surface area contributed by atoms with E-state index < -0.39 is 39.8 Å². The van der Waals surface area contributed by atoms with Crippen molar-refractivity contribution in [2.45, 2.75) is 19.8 Å². The minimum atomic E-state index is -0.968. The van der Waals surface area contributed by atoms with Gasteiger partial charge < -0.3 is 29.6 Å². The van der Waals surface area contributed by atoms with Crippen molar-refractivity contribution in [3.8, 4) is 40.1 Å². The molecule has 0 unspecified atom stereocenters. The van der Waals surface area contributed by atoms with Gasteiger partial charge in [-0.2, -0.15) is 0 Å². The molecular formula is C19H16O8. The zero-order chi connectivity index (χ0) is 19.7. The molecule has 8 nitrogen and oxygen atoms in total.